The molecule has 3 rings (SSSR count). The minimum Gasteiger partial charge on any atom is -0.497 e. The van der Waals surface area contributed by atoms with E-state index in [1.807, 2.05) is 6.07 Å². The van der Waals surface area contributed by atoms with Crippen molar-refractivity contribution in [3.8, 4) is 11.4 Å². The van der Waals surface area contributed by atoms with Crippen LogP contribution in [0.1, 0.15) is 15.4 Å². The van der Waals surface area contributed by atoms with Crippen molar-refractivity contribution in [2.45, 2.75) is 0 Å². The summed E-state index contributed by atoms with van der Waals surface area (Å²) in [5, 5.41) is 10.6. The first-order valence-electron chi connectivity index (χ1n) is 6.93. The highest BCUT2D eigenvalue weighted by Crippen LogP contribution is 2.15. The summed E-state index contributed by atoms with van der Waals surface area (Å²) in [5.41, 5.74) is 1.15. The van der Waals surface area contributed by atoms with Crippen LogP contribution in [0.25, 0.3) is 5.69 Å². The Labute approximate surface area is 140 Å². The molecule has 3 aromatic rings. The van der Waals surface area contributed by atoms with E-state index in [2.05, 4.69) is 15.5 Å². The van der Waals surface area contributed by atoms with Crippen LogP contribution in [0.2, 0.25) is 0 Å². The quantitative estimate of drug-likeness (QED) is 0.406. The monoisotopic (exact) mass is 340 g/mol. The molecule has 0 fully saturated rings. The summed E-state index contributed by atoms with van der Waals surface area (Å²) in [7, 11) is 1.57. The zero-order valence-electron chi connectivity index (χ0n) is 12.6. The smallest absolute Gasteiger partial charge is 0.237 e. The third-order valence-corrected chi connectivity index (χ3v) is 4.13. The summed E-state index contributed by atoms with van der Waals surface area (Å²) in [5.74, 6) is 0.442. The van der Waals surface area contributed by atoms with Crippen LogP contribution in [0.15, 0.2) is 65.0 Å². The molecule has 24 heavy (non-hydrogen) atoms. The third kappa shape index (κ3) is 3.13. The summed E-state index contributed by atoms with van der Waals surface area (Å²) >= 11 is 1.00. The van der Waals surface area contributed by atoms with Gasteiger partial charge < -0.3 is 4.74 Å². The number of ketones is 1. The normalized spacial score (nSPS) is 11.3. The van der Waals surface area contributed by atoms with Crippen LogP contribution in [0.4, 0.5) is 0 Å². The summed E-state index contributed by atoms with van der Waals surface area (Å²) in [6.07, 6.45) is 0. The fourth-order valence-electron chi connectivity index (χ4n) is 2.08. The first kappa shape index (κ1) is 15.8. The van der Waals surface area contributed by atoms with Gasteiger partial charge in [-0.3, -0.25) is 4.79 Å². The third-order valence-electron chi connectivity index (χ3n) is 3.23. The van der Waals surface area contributed by atoms with Gasteiger partial charge >= 0.3 is 0 Å². The van der Waals surface area contributed by atoms with E-state index in [1.165, 1.54) is 4.68 Å². The molecule has 0 amide bonds. The van der Waals surface area contributed by atoms with Crippen molar-refractivity contribution in [2.75, 3.05) is 7.11 Å². The molecule has 8 heteroatoms. The lowest BCUT2D eigenvalue weighted by Crippen LogP contribution is -2.14. The minimum atomic E-state index is -0.241. The second-order valence-electron chi connectivity index (χ2n) is 4.68. The Morgan fingerprint density at radius 1 is 1.12 bits per heavy atom. The number of benzene rings is 2. The molecule has 0 bridgehead atoms. The molecule has 0 aliphatic heterocycles. The second-order valence-corrected chi connectivity index (χ2v) is 5.63. The van der Waals surface area contributed by atoms with Gasteiger partial charge in [-0.15, -0.1) is 4.91 Å². The summed E-state index contributed by atoms with van der Waals surface area (Å²) in [6, 6.07) is 15.8. The van der Waals surface area contributed by atoms with Crippen LogP contribution in [-0.4, -0.2) is 22.7 Å². The number of nitroso groups, excluding NO2 is 1. The van der Waals surface area contributed by atoms with E-state index in [9.17, 15) is 9.70 Å². The van der Waals surface area contributed by atoms with Crippen LogP contribution in [-0.2, 0) is 0 Å². The summed E-state index contributed by atoms with van der Waals surface area (Å²) < 4.78 is 6.52. The molecule has 2 aromatic carbocycles. The lowest BCUT2D eigenvalue weighted by molar-refractivity contribution is 0.103. The highest BCUT2D eigenvalue weighted by molar-refractivity contribution is 7.11. The maximum absolute atomic E-state index is 12.5. The minimum absolute atomic E-state index is 0.217. The Bertz CT molecular complexity index is 930. The molecule has 120 valence electrons. The Morgan fingerprint density at radius 3 is 2.46 bits per heavy atom. The van der Waals surface area contributed by atoms with Gasteiger partial charge in [0.25, 0.3) is 0 Å². The van der Waals surface area contributed by atoms with E-state index in [0.29, 0.717) is 17.0 Å². The van der Waals surface area contributed by atoms with Gasteiger partial charge in [0.1, 0.15) is 5.75 Å². The molecule has 7 nitrogen and oxygen atoms in total. The van der Waals surface area contributed by atoms with Crippen molar-refractivity contribution < 1.29 is 9.53 Å². The predicted octanol–water partition coefficient (Wildman–Crippen LogP) is 2.76. The highest BCUT2D eigenvalue weighted by atomic mass is 32.1. The van der Waals surface area contributed by atoms with Crippen LogP contribution in [0.3, 0.4) is 0 Å². The van der Waals surface area contributed by atoms with E-state index >= 15 is 0 Å². The topological polar surface area (TPSA) is 85.9 Å². The number of hydrogen-bond donors (Lipinski definition) is 0. The number of methoxy groups -OCH3 is 1. The van der Waals surface area contributed by atoms with Crippen molar-refractivity contribution in [3.63, 3.8) is 0 Å². The van der Waals surface area contributed by atoms with Crippen LogP contribution in [0, 0.1) is 4.91 Å². The van der Waals surface area contributed by atoms with Gasteiger partial charge in [0, 0.05) is 5.56 Å². The van der Waals surface area contributed by atoms with E-state index in [0.717, 1.165) is 11.3 Å². The van der Waals surface area contributed by atoms with Gasteiger partial charge in [0.15, 0.2) is 5.01 Å². The SMILES string of the molecule is COc1ccc(-n2nc(C(=O)c3ccccc3)s/c2=N\N=O)cc1. The molecular weight excluding hydrogens is 328 g/mol. The molecule has 0 radical (unpaired) electrons. The molecule has 0 spiro atoms. The van der Waals surface area contributed by atoms with Crippen LogP contribution >= 0.6 is 11.3 Å². The second kappa shape index (κ2) is 6.97. The number of rotatable bonds is 5. The molecule has 0 saturated carbocycles. The van der Waals surface area contributed by atoms with Gasteiger partial charge in [0.05, 0.1) is 18.1 Å². The zero-order valence-corrected chi connectivity index (χ0v) is 13.4. The fraction of sp³-hybridized carbons (Fsp3) is 0.0625. The zero-order chi connectivity index (χ0) is 16.9. The molecule has 0 saturated heterocycles. The maximum Gasteiger partial charge on any atom is 0.237 e. The molecule has 0 N–H and O–H groups in total. The molecule has 1 aromatic heterocycles. The molecule has 0 unspecified atom stereocenters. The van der Waals surface area contributed by atoms with Gasteiger partial charge in [0.2, 0.25) is 10.6 Å². The summed E-state index contributed by atoms with van der Waals surface area (Å²) in [6.45, 7) is 0. The first-order valence-corrected chi connectivity index (χ1v) is 7.75. The van der Waals surface area contributed by atoms with Crippen molar-refractivity contribution in [2.24, 2.45) is 10.4 Å². The van der Waals surface area contributed by atoms with Gasteiger partial charge in [-0.25, -0.2) is 4.68 Å². The number of carbonyl (C=O) groups excluding carboxylic acids is 1. The van der Waals surface area contributed by atoms with Crippen LogP contribution < -0.4 is 9.54 Å². The van der Waals surface area contributed by atoms with E-state index in [4.69, 9.17) is 4.74 Å². The molecule has 0 aliphatic rings. The van der Waals surface area contributed by atoms with Crippen LogP contribution in [0.5, 0.6) is 5.75 Å². The van der Waals surface area contributed by atoms with E-state index in [-0.39, 0.29) is 15.6 Å². The molecule has 0 atom stereocenters. The Hall–Kier alpha value is -3.13. The molecule has 0 aliphatic carbocycles. The number of carbonyl (C=O) groups is 1. The largest absolute Gasteiger partial charge is 0.497 e. The highest BCUT2D eigenvalue weighted by Gasteiger charge is 2.16. The van der Waals surface area contributed by atoms with Crippen molar-refractivity contribution in [1.82, 2.24) is 9.78 Å². The van der Waals surface area contributed by atoms with Gasteiger partial charge in [-0.1, -0.05) is 46.8 Å². The van der Waals surface area contributed by atoms with E-state index < -0.39 is 0 Å². The number of aromatic nitrogens is 2. The molecule has 1 heterocycles. The average molecular weight is 340 g/mol. The van der Waals surface area contributed by atoms with Crippen molar-refractivity contribution in [1.29, 1.82) is 0 Å². The van der Waals surface area contributed by atoms with Gasteiger partial charge in [-0.05, 0) is 24.3 Å². The van der Waals surface area contributed by atoms with Gasteiger partial charge in [-0.2, -0.15) is 5.10 Å². The number of hydrogen-bond acceptors (Lipinski definition) is 6. The summed E-state index contributed by atoms with van der Waals surface area (Å²) in [4.78, 5) is 23.3. The first-order chi connectivity index (χ1) is 11.7. The lowest BCUT2D eigenvalue weighted by atomic mass is 10.1. The number of ether oxygens (including phenoxy) is 1. The lowest BCUT2D eigenvalue weighted by Gasteiger charge is -2.02. The predicted molar refractivity (Wildman–Crippen MR) is 89.2 cm³/mol. The van der Waals surface area contributed by atoms with Crippen molar-refractivity contribution >= 4 is 17.1 Å². The Kier molecular flexibility index (Phi) is 4.57. The number of nitrogens with zero attached hydrogens (tertiary/aromatic N) is 4. The fourth-order valence-corrected chi connectivity index (χ4v) is 2.89. The average Bonchev–Trinajstić information content (AvgIpc) is 3.06. The Balaban J connectivity index is 2.06. The van der Waals surface area contributed by atoms with Crippen molar-refractivity contribution in [3.05, 3.63) is 74.9 Å². The maximum atomic E-state index is 12.5. The standard InChI is InChI=1S/C16H12N4O3S/c1-23-13-9-7-12(8-10-13)20-16(17-19-22)24-15(18-20)14(21)11-5-3-2-4-6-11/h2-10H,1H3/b17-16-. The molecular formula is C16H12N4O3S. The Morgan fingerprint density at radius 2 is 1.83 bits per heavy atom. The van der Waals surface area contributed by atoms with E-state index in [1.54, 1.807) is 55.6 Å².